The van der Waals surface area contributed by atoms with Gasteiger partial charge in [0.1, 0.15) is 5.15 Å². The second-order valence-electron chi connectivity index (χ2n) is 3.85. The highest BCUT2D eigenvalue weighted by molar-refractivity contribution is 7.94. The fraction of sp³-hybridized carbons (Fsp3) is 0.182. The Morgan fingerprint density at radius 3 is 2.76 bits per heavy atom. The number of sulfonamides is 1. The Morgan fingerprint density at radius 2 is 2.14 bits per heavy atom. The molecular weight excluding hydrogens is 338 g/mol. The van der Waals surface area contributed by atoms with Crippen LogP contribution in [-0.4, -0.2) is 31.5 Å². The summed E-state index contributed by atoms with van der Waals surface area (Å²) in [4.78, 5) is 19.2. The van der Waals surface area contributed by atoms with E-state index in [0.717, 1.165) is 18.4 Å². The van der Waals surface area contributed by atoms with Gasteiger partial charge in [0.25, 0.3) is 10.0 Å². The second kappa shape index (κ2) is 5.96. The van der Waals surface area contributed by atoms with Gasteiger partial charge in [-0.3, -0.25) is 4.72 Å². The molecular formula is C11H10ClN3O4S2. The molecule has 0 atom stereocenters. The number of halogens is 1. The summed E-state index contributed by atoms with van der Waals surface area (Å²) in [7, 11) is -2.82. The van der Waals surface area contributed by atoms with E-state index >= 15 is 0 Å². The minimum Gasteiger partial charge on any atom is -0.464 e. The second-order valence-corrected chi connectivity index (χ2v) is 6.97. The standard InChI is InChI=1S/C11H10ClN3O4S2/c1-6-7(3-4-8(12)14-6)15-21(17,18)11-9(10(16)19-2)13-5-20-11/h3-5,15H,1-2H3. The third kappa shape index (κ3) is 3.31. The lowest BCUT2D eigenvalue weighted by atomic mass is 10.3. The Bertz CT molecular complexity index is 789. The quantitative estimate of drug-likeness (QED) is 0.671. The first-order chi connectivity index (χ1) is 9.85. The van der Waals surface area contributed by atoms with Gasteiger partial charge < -0.3 is 4.74 Å². The molecule has 21 heavy (non-hydrogen) atoms. The van der Waals surface area contributed by atoms with Crippen molar-refractivity contribution in [2.24, 2.45) is 0 Å². The molecule has 0 fully saturated rings. The van der Waals surface area contributed by atoms with Crippen LogP contribution in [0, 0.1) is 6.92 Å². The normalized spacial score (nSPS) is 11.2. The number of esters is 1. The number of nitrogens with zero attached hydrogens (tertiary/aromatic N) is 2. The predicted octanol–water partition coefficient (Wildman–Crippen LogP) is 2.09. The van der Waals surface area contributed by atoms with E-state index in [9.17, 15) is 13.2 Å². The topological polar surface area (TPSA) is 98.2 Å². The molecule has 0 spiro atoms. The summed E-state index contributed by atoms with van der Waals surface area (Å²) in [6, 6.07) is 2.95. The molecule has 0 aliphatic rings. The van der Waals surface area contributed by atoms with E-state index in [0.29, 0.717) is 5.69 Å². The summed E-state index contributed by atoms with van der Waals surface area (Å²) >= 11 is 6.54. The molecule has 0 amide bonds. The van der Waals surface area contributed by atoms with Crippen molar-refractivity contribution < 1.29 is 17.9 Å². The number of hydrogen-bond donors (Lipinski definition) is 1. The first-order valence-corrected chi connectivity index (χ1v) is 8.27. The van der Waals surface area contributed by atoms with Gasteiger partial charge in [-0.2, -0.15) is 0 Å². The number of hydrogen-bond acceptors (Lipinski definition) is 7. The van der Waals surface area contributed by atoms with Crippen molar-refractivity contribution in [3.8, 4) is 0 Å². The van der Waals surface area contributed by atoms with Gasteiger partial charge in [-0.15, -0.1) is 11.3 Å². The molecule has 0 aromatic carbocycles. The predicted molar refractivity (Wildman–Crippen MR) is 78.2 cm³/mol. The Morgan fingerprint density at radius 1 is 1.43 bits per heavy atom. The van der Waals surface area contributed by atoms with Gasteiger partial charge in [-0.1, -0.05) is 11.6 Å². The first-order valence-electron chi connectivity index (χ1n) is 5.53. The number of carbonyl (C=O) groups excluding carboxylic acids is 1. The number of aryl methyl sites for hydroxylation is 1. The van der Waals surface area contributed by atoms with Gasteiger partial charge in [0.2, 0.25) is 0 Å². The van der Waals surface area contributed by atoms with Gasteiger partial charge in [0.15, 0.2) is 9.90 Å². The Balaban J connectivity index is 2.39. The molecule has 112 valence electrons. The molecule has 0 aliphatic heterocycles. The number of thiazole rings is 1. The third-order valence-corrected chi connectivity index (χ3v) is 5.40. The highest BCUT2D eigenvalue weighted by atomic mass is 35.5. The zero-order valence-electron chi connectivity index (χ0n) is 11.0. The van der Waals surface area contributed by atoms with Crippen LogP contribution in [0.15, 0.2) is 21.9 Å². The summed E-state index contributed by atoms with van der Waals surface area (Å²) in [5.74, 6) is -0.817. The van der Waals surface area contributed by atoms with E-state index in [1.54, 1.807) is 6.92 Å². The Labute approximate surface area is 130 Å². The van der Waals surface area contributed by atoms with Crippen LogP contribution >= 0.6 is 22.9 Å². The van der Waals surface area contributed by atoms with Gasteiger partial charge in [0, 0.05) is 0 Å². The molecule has 7 nitrogen and oxygen atoms in total. The van der Waals surface area contributed by atoms with Gasteiger partial charge in [-0.05, 0) is 19.1 Å². The number of ether oxygens (including phenoxy) is 1. The van der Waals surface area contributed by atoms with Crippen LogP contribution in [0.5, 0.6) is 0 Å². The number of pyridine rings is 1. The zero-order valence-corrected chi connectivity index (χ0v) is 13.3. The average Bonchev–Trinajstić information content (AvgIpc) is 2.91. The van der Waals surface area contributed by atoms with Crippen LogP contribution < -0.4 is 4.72 Å². The number of carbonyl (C=O) groups is 1. The van der Waals surface area contributed by atoms with Crippen molar-refractivity contribution in [2.45, 2.75) is 11.1 Å². The molecule has 1 N–H and O–H groups in total. The number of methoxy groups -OCH3 is 1. The maximum atomic E-state index is 12.3. The number of nitrogens with one attached hydrogen (secondary N) is 1. The fourth-order valence-electron chi connectivity index (χ4n) is 1.49. The minimum absolute atomic E-state index is 0.219. The van der Waals surface area contributed by atoms with E-state index in [1.807, 2.05) is 0 Å². The molecule has 0 saturated carbocycles. The molecule has 0 radical (unpaired) electrons. The average molecular weight is 348 g/mol. The lowest BCUT2D eigenvalue weighted by molar-refractivity contribution is 0.0590. The molecule has 0 bridgehead atoms. The van der Waals surface area contributed by atoms with Crippen LogP contribution in [-0.2, 0) is 14.8 Å². The Kier molecular flexibility index (Phi) is 4.45. The van der Waals surface area contributed by atoms with Crippen LogP contribution in [0.4, 0.5) is 5.69 Å². The number of aromatic nitrogens is 2. The maximum Gasteiger partial charge on any atom is 0.358 e. The molecule has 0 saturated heterocycles. The zero-order chi connectivity index (χ0) is 15.6. The van der Waals surface area contributed by atoms with Crippen molar-refractivity contribution in [3.63, 3.8) is 0 Å². The van der Waals surface area contributed by atoms with E-state index in [-0.39, 0.29) is 20.7 Å². The minimum atomic E-state index is -3.97. The van der Waals surface area contributed by atoms with E-state index in [2.05, 4.69) is 19.4 Å². The van der Waals surface area contributed by atoms with Crippen molar-refractivity contribution in [2.75, 3.05) is 11.8 Å². The highest BCUT2D eigenvalue weighted by Gasteiger charge is 2.27. The first kappa shape index (κ1) is 15.7. The van der Waals surface area contributed by atoms with E-state index < -0.39 is 16.0 Å². The number of anilines is 1. The fourth-order valence-corrected chi connectivity index (χ4v) is 3.93. The smallest absolute Gasteiger partial charge is 0.358 e. The van der Waals surface area contributed by atoms with Crippen molar-refractivity contribution in [1.82, 2.24) is 9.97 Å². The summed E-state index contributed by atoms with van der Waals surface area (Å²) in [5.41, 5.74) is 1.68. The van der Waals surface area contributed by atoms with Crippen molar-refractivity contribution in [3.05, 3.63) is 34.2 Å². The monoisotopic (exact) mass is 347 g/mol. The molecule has 2 rings (SSSR count). The molecule has 0 aliphatic carbocycles. The van der Waals surface area contributed by atoms with Crippen LogP contribution in [0.1, 0.15) is 16.2 Å². The maximum absolute atomic E-state index is 12.3. The van der Waals surface area contributed by atoms with Crippen LogP contribution in [0.2, 0.25) is 5.15 Å². The van der Waals surface area contributed by atoms with Crippen LogP contribution in [0.3, 0.4) is 0 Å². The van der Waals surface area contributed by atoms with Gasteiger partial charge >= 0.3 is 5.97 Å². The Hall–Kier alpha value is -1.71. The van der Waals surface area contributed by atoms with Gasteiger partial charge in [-0.25, -0.2) is 23.2 Å². The van der Waals surface area contributed by atoms with E-state index in [4.69, 9.17) is 11.6 Å². The lowest BCUT2D eigenvalue weighted by Crippen LogP contribution is -2.17. The summed E-state index contributed by atoms with van der Waals surface area (Å²) in [6.07, 6.45) is 0. The molecule has 2 aromatic heterocycles. The lowest BCUT2D eigenvalue weighted by Gasteiger charge is -2.09. The largest absolute Gasteiger partial charge is 0.464 e. The molecule has 2 aromatic rings. The summed E-state index contributed by atoms with van der Waals surface area (Å²) < 4.78 is 31.3. The number of rotatable bonds is 4. The SMILES string of the molecule is COC(=O)c1ncsc1S(=O)(=O)Nc1ccc(Cl)nc1C. The summed E-state index contributed by atoms with van der Waals surface area (Å²) in [5, 5.41) is 0.253. The van der Waals surface area contributed by atoms with E-state index in [1.165, 1.54) is 17.6 Å². The van der Waals surface area contributed by atoms with Crippen LogP contribution in [0.25, 0.3) is 0 Å². The molecule has 2 heterocycles. The third-order valence-electron chi connectivity index (χ3n) is 2.45. The molecule has 0 unspecified atom stereocenters. The highest BCUT2D eigenvalue weighted by Crippen LogP contribution is 2.25. The van der Waals surface area contributed by atoms with Crippen molar-refractivity contribution in [1.29, 1.82) is 0 Å². The van der Waals surface area contributed by atoms with Crippen molar-refractivity contribution >= 4 is 44.6 Å². The summed E-state index contributed by atoms with van der Waals surface area (Å²) in [6.45, 7) is 1.61. The molecule has 10 heteroatoms. The van der Waals surface area contributed by atoms with Gasteiger partial charge in [0.05, 0.1) is 24.0 Å².